The minimum atomic E-state index is 0.336. The topological polar surface area (TPSA) is 55.5 Å². The van der Waals surface area contributed by atoms with E-state index in [1.54, 1.807) is 6.20 Å². The summed E-state index contributed by atoms with van der Waals surface area (Å²) >= 11 is 0. The lowest BCUT2D eigenvalue weighted by Gasteiger charge is -2.32. The lowest BCUT2D eigenvalue weighted by molar-refractivity contribution is 0.0690. The van der Waals surface area contributed by atoms with Crippen LogP contribution in [0, 0.1) is 0 Å². The molecule has 7 heteroatoms. The SMILES string of the molecule is CC1BC(N2CCOCC2)=NC=C1c1nc2ccncc2n1-c1ccccc1. The van der Waals surface area contributed by atoms with Crippen molar-refractivity contribution in [3.63, 3.8) is 0 Å². The van der Waals surface area contributed by atoms with E-state index in [-0.39, 0.29) is 0 Å². The van der Waals surface area contributed by atoms with E-state index >= 15 is 0 Å². The number of aliphatic imine (C=N–C) groups is 1. The van der Waals surface area contributed by atoms with Gasteiger partial charge in [-0.1, -0.05) is 25.1 Å². The number of ether oxygens (including phenoxy) is 1. The standard InChI is InChI=1S/C21H22BN5O/c1-15-17(13-24-21(22-15)26-9-11-28-12-10-26)20-25-18-7-8-23-14-19(18)27(20)16-5-3-2-4-6-16/h2-8,13-15,22H,9-12H2,1H3. The van der Waals surface area contributed by atoms with Crippen molar-refractivity contribution in [3.8, 4) is 5.69 Å². The number of rotatable bonds is 2. The van der Waals surface area contributed by atoms with Crippen LogP contribution in [0.3, 0.4) is 0 Å². The molecule has 2 aromatic heterocycles. The molecule has 0 amide bonds. The average molecular weight is 371 g/mol. The number of benzene rings is 1. The van der Waals surface area contributed by atoms with Gasteiger partial charge in [-0.2, -0.15) is 0 Å². The molecule has 1 fully saturated rings. The highest BCUT2D eigenvalue weighted by Gasteiger charge is 2.27. The first-order valence-corrected chi connectivity index (χ1v) is 9.79. The predicted octanol–water partition coefficient (Wildman–Crippen LogP) is 2.71. The van der Waals surface area contributed by atoms with Crippen molar-refractivity contribution >= 4 is 29.6 Å². The molecule has 1 saturated heterocycles. The summed E-state index contributed by atoms with van der Waals surface area (Å²) in [6.45, 7) is 5.65. The number of morpholine rings is 1. The van der Waals surface area contributed by atoms with Crippen molar-refractivity contribution in [3.05, 3.63) is 60.8 Å². The Bertz CT molecular complexity index is 1050. The minimum Gasteiger partial charge on any atom is -0.378 e. The zero-order valence-electron chi connectivity index (χ0n) is 16.0. The molecular formula is C21H22BN5O. The van der Waals surface area contributed by atoms with Gasteiger partial charge in [0.1, 0.15) is 5.82 Å². The number of para-hydroxylation sites is 1. The van der Waals surface area contributed by atoms with E-state index in [1.807, 2.05) is 24.5 Å². The first kappa shape index (κ1) is 17.2. The average Bonchev–Trinajstić information content (AvgIpc) is 3.14. The quantitative estimate of drug-likeness (QED) is 0.650. The molecule has 0 N–H and O–H groups in total. The molecule has 0 bridgehead atoms. The Morgan fingerprint density at radius 2 is 1.93 bits per heavy atom. The maximum Gasteiger partial charge on any atom is 0.211 e. The maximum absolute atomic E-state index is 5.47. The molecule has 0 aliphatic carbocycles. The summed E-state index contributed by atoms with van der Waals surface area (Å²) in [7, 11) is 0.919. The van der Waals surface area contributed by atoms with Gasteiger partial charge >= 0.3 is 0 Å². The molecule has 4 heterocycles. The summed E-state index contributed by atoms with van der Waals surface area (Å²) in [4.78, 5) is 16.4. The van der Waals surface area contributed by atoms with E-state index < -0.39 is 0 Å². The van der Waals surface area contributed by atoms with Gasteiger partial charge < -0.3 is 9.64 Å². The molecule has 1 atom stereocenters. The Balaban J connectivity index is 1.61. The van der Waals surface area contributed by atoms with E-state index in [2.05, 4.69) is 45.6 Å². The summed E-state index contributed by atoms with van der Waals surface area (Å²) < 4.78 is 7.67. The summed E-state index contributed by atoms with van der Waals surface area (Å²) in [5.74, 6) is 1.29. The van der Waals surface area contributed by atoms with Gasteiger partial charge in [0.05, 0.1) is 36.2 Å². The van der Waals surface area contributed by atoms with Gasteiger partial charge in [-0.05, 0) is 24.0 Å². The molecule has 2 aliphatic rings. The van der Waals surface area contributed by atoms with Gasteiger partial charge in [-0.15, -0.1) is 0 Å². The fourth-order valence-electron chi connectivity index (χ4n) is 3.97. The van der Waals surface area contributed by atoms with Gasteiger partial charge in [0.15, 0.2) is 0 Å². The van der Waals surface area contributed by atoms with Gasteiger partial charge in [0.25, 0.3) is 0 Å². The van der Waals surface area contributed by atoms with E-state index in [0.717, 1.165) is 67.4 Å². The van der Waals surface area contributed by atoms with Crippen LogP contribution in [0.5, 0.6) is 0 Å². The number of amidine groups is 1. The highest BCUT2D eigenvalue weighted by atomic mass is 16.5. The zero-order valence-corrected chi connectivity index (χ0v) is 16.0. The van der Waals surface area contributed by atoms with Gasteiger partial charge in [0.2, 0.25) is 7.28 Å². The number of nitrogens with zero attached hydrogens (tertiary/aromatic N) is 5. The molecule has 0 spiro atoms. The van der Waals surface area contributed by atoms with Gasteiger partial charge in [-0.25, -0.2) is 4.98 Å². The summed E-state index contributed by atoms with van der Waals surface area (Å²) in [6, 6.07) is 12.3. The first-order chi connectivity index (χ1) is 13.8. The van der Waals surface area contributed by atoms with Crippen LogP contribution in [-0.4, -0.2) is 58.8 Å². The number of aromatic nitrogens is 3. The fraction of sp³-hybridized carbons (Fsp3) is 0.286. The molecular weight excluding hydrogens is 349 g/mol. The second-order valence-corrected chi connectivity index (χ2v) is 7.31. The van der Waals surface area contributed by atoms with Crippen molar-refractivity contribution in [1.29, 1.82) is 0 Å². The highest BCUT2D eigenvalue weighted by Crippen LogP contribution is 2.34. The number of hydrogen-bond acceptors (Lipinski definition) is 5. The third-order valence-corrected chi connectivity index (χ3v) is 5.48. The molecule has 2 aliphatic heterocycles. The van der Waals surface area contributed by atoms with E-state index in [4.69, 9.17) is 14.7 Å². The molecule has 3 aromatic rings. The molecule has 140 valence electrons. The zero-order chi connectivity index (χ0) is 18.9. The number of fused-ring (bicyclic) bond motifs is 1. The van der Waals surface area contributed by atoms with Crippen molar-refractivity contribution < 1.29 is 4.74 Å². The van der Waals surface area contributed by atoms with Gasteiger partial charge in [-0.3, -0.25) is 14.5 Å². The molecule has 5 rings (SSSR count). The molecule has 1 aromatic carbocycles. The first-order valence-electron chi connectivity index (χ1n) is 9.79. The van der Waals surface area contributed by atoms with E-state index in [0.29, 0.717) is 5.82 Å². The van der Waals surface area contributed by atoms with Crippen molar-refractivity contribution in [2.24, 2.45) is 4.99 Å². The Hall–Kier alpha value is -2.93. The van der Waals surface area contributed by atoms with Crippen molar-refractivity contribution in [1.82, 2.24) is 19.4 Å². The number of imidazole rings is 1. The number of pyridine rings is 1. The summed E-state index contributed by atoms with van der Waals surface area (Å²) in [5.41, 5.74) is 5.37. The van der Waals surface area contributed by atoms with Crippen LogP contribution in [0.15, 0.2) is 60.0 Å². The monoisotopic (exact) mass is 371 g/mol. The third-order valence-electron chi connectivity index (χ3n) is 5.48. The number of allylic oxidation sites excluding steroid dienone is 1. The maximum atomic E-state index is 5.47. The molecule has 1 unspecified atom stereocenters. The molecule has 0 saturated carbocycles. The van der Waals surface area contributed by atoms with Crippen LogP contribution in [0.1, 0.15) is 12.7 Å². The summed E-state index contributed by atoms with van der Waals surface area (Å²) in [5, 5.41) is 0. The highest BCUT2D eigenvalue weighted by molar-refractivity contribution is 6.77. The number of hydrogen-bond donors (Lipinski definition) is 0. The summed E-state index contributed by atoms with van der Waals surface area (Å²) in [6.07, 6.45) is 5.68. The van der Waals surface area contributed by atoms with E-state index in [9.17, 15) is 0 Å². The molecule has 6 nitrogen and oxygen atoms in total. The fourth-order valence-corrected chi connectivity index (χ4v) is 3.97. The molecule has 28 heavy (non-hydrogen) atoms. The largest absolute Gasteiger partial charge is 0.378 e. The Kier molecular flexibility index (Phi) is 4.45. The van der Waals surface area contributed by atoms with Gasteiger partial charge in [0, 0.05) is 36.7 Å². The smallest absolute Gasteiger partial charge is 0.211 e. The Morgan fingerprint density at radius 3 is 2.71 bits per heavy atom. The second kappa shape index (κ2) is 7.24. The normalized spacial score (nSPS) is 19.9. The van der Waals surface area contributed by atoms with Crippen LogP contribution in [0.25, 0.3) is 22.3 Å². The second-order valence-electron chi connectivity index (χ2n) is 7.31. The van der Waals surface area contributed by atoms with Crippen LogP contribution in [0.4, 0.5) is 0 Å². The van der Waals surface area contributed by atoms with Crippen LogP contribution < -0.4 is 0 Å². The van der Waals surface area contributed by atoms with Crippen molar-refractivity contribution in [2.75, 3.05) is 26.3 Å². The van der Waals surface area contributed by atoms with Crippen LogP contribution in [0.2, 0.25) is 5.82 Å². The Labute approximate surface area is 164 Å². The van der Waals surface area contributed by atoms with Crippen LogP contribution in [-0.2, 0) is 4.74 Å². The lowest BCUT2D eigenvalue weighted by Crippen LogP contribution is -2.44. The van der Waals surface area contributed by atoms with Crippen molar-refractivity contribution in [2.45, 2.75) is 12.7 Å². The predicted molar refractivity (Wildman–Crippen MR) is 113 cm³/mol. The lowest BCUT2D eigenvalue weighted by atomic mass is 9.59. The minimum absolute atomic E-state index is 0.336. The van der Waals surface area contributed by atoms with Crippen LogP contribution >= 0.6 is 0 Å². The molecule has 0 radical (unpaired) electrons. The van der Waals surface area contributed by atoms with E-state index in [1.165, 1.54) is 0 Å². The Morgan fingerprint density at radius 1 is 1.11 bits per heavy atom. The third kappa shape index (κ3) is 3.01.